The monoisotopic (exact) mass is 401 g/mol. The van der Waals surface area contributed by atoms with Gasteiger partial charge in [-0.25, -0.2) is 4.98 Å². The van der Waals surface area contributed by atoms with Gasteiger partial charge in [-0.05, 0) is 55.3 Å². The van der Waals surface area contributed by atoms with Gasteiger partial charge in [-0.1, -0.05) is 36.4 Å². The maximum atomic E-state index is 12.3. The third-order valence-electron chi connectivity index (χ3n) is 4.21. The van der Waals surface area contributed by atoms with Crippen LogP contribution in [0.25, 0.3) is 6.08 Å². The van der Waals surface area contributed by atoms with Crippen molar-refractivity contribution >= 4 is 23.6 Å². The fraction of sp³-hybridized carbons (Fsp3) is 0.125. The van der Waals surface area contributed by atoms with Crippen molar-refractivity contribution in [3.05, 3.63) is 90.1 Å². The molecule has 0 aliphatic heterocycles. The van der Waals surface area contributed by atoms with Gasteiger partial charge in [-0.2, -0.15) is 0 Å². The van der Waals surface area contributed by atoms with E-state index in [2.05, 4.69) is 15.6 Å². The van der Waals surface area contributed by atoms with Crippen LogP contribution in [-0.2, 0) is 9.59 Å². The van der Waals surface area contributed by atoms with Crippen LogP contribution in [0.4, 0.5) is 5.69 Å². The predicted octanol–water partition coefficient (Wildman–Crippen LogP) is 4.34. The largest absolute Gasteiger partial charge is 0.439 e. The number of nitrogens with zero attached hydrogens (tertiary/aromatic N) is 1. The summed E-state index contributed by atoms with van der Waals surface area (Å²) in [6, 6.07) is 19.4. The van der Waals surface area contributed by atoms with Crippen molar-refractivity contribution in [3.8, 4) is 11.6 Å². The molecular weight excluding hydrogens is 378 g/mol. The number of pyridine rings is 1. The van der Waals surface area contributed by atoms with Gasteiger partial charge in [0.25, 0.3) is 0 Å². The predicted molar refractivity (Wildman–Crippen MR) is 117 cm³/mol. The molecule has 2 N–H and O–H groups in total. The Morgan fingerprint density at radius 3 is 2.40 bits per heavy atom. The average Bonchev–Trinajstić information content (AvgIpc) is 2.76. The topological polar surface area (TPSA) is 80.3 Å². The molecule has 1 aromatic heterocycles. The molecule has 1 heterocycles. The second kappa shape index (κ2) is 10.0. The molecule has 0 spiro atoms. The normalized spacial score (nSPS) is 11.7. The Balaban J connectivity index is 1.50. The third-order valence-corrected chi connectivity index (χ3v) is 4.21. The zero-order chi connectivity index (χ0) is 21.3. The summed E-state index contributed by atoms with van der Waals surface area (Å²) in [4.78, 5) is 28.6. The van der Waals surface area contributed by atoms with Crippen molar-refractivity contribution in [3.63, 3.8) is 0 Å². The summed E-state index contributed by atoms with van der Waals surface area (Å²) in [6.07, 6.45) is 4.83. The molecule has 0 fully saturated rings. The van der Waals surface area contributed by atoms with Crippen LogP contribution in [0.3, 0.4) is 0 Å². The molecule has 0 bridgehead atoms. The van der Waals surface area contributed by atoms with Crippen LogP contribution >= 0.6 is 0 Å². The van der Waals surface area contributed by atoms with E-state index >= 15 is 0 Å². The minimum Gasteiger partial charge on any atom is -0.439 e. The lowest BCUT2D eigenvalue weighted by atomic mass is 10.2. The van der Waals surface area contributed by atoms with Crippen LogP contribution in [0.15, 0.2) is 79.0 Å². The fourth-order valence-corrected chi connectivity index (χ4v) is 2.56. The second-order valence-corrected chi connectivity index (χ2v) is 6.76. The van der Waals surface area contributed by atoms with E-state index in [1.54, 1.807) is 49.5 Å². The summed E-state index contributed by atoms with van der Waals surface area (Å²) in [5, 5.41) is 5.42. The van der Waals surface area contributed by atoms with Crippen LogP contribution in [-0.4, -0.2) is 22.8 Å². The van der Waals surface area contributed by atoms with Crippen LogP contribution < -0.4 is 15.4 Å². The minimum atomic E-state index is -0.689. The fourth-order valence-electron chi connectivity index (χ4n) is 2.56. The molecule has 2 amide bonds. The molecule has 0 aliphatic rings. The molecule has 0 aliphatic carbocycles. The number of benzene rings is 2. The van der Waals surface area contributed by atoms with E-state index in [-0.39, 0.29) is 11.8 Å². The lowest BCUT2D eigenvalue weighted by Crippen LogP contribution is -2.40. The van der Waals surface area contributed by atoms with Crippen molar-refractivity contribution in [2.45, 2.75) is 19.9 Å². The van der Waals surface area contributed by atoms with E-state index in [4.69, 9.17) is 4.74 Å². The summed E-state index contributed by atoms with van der Waals surface area (Å²) in [7, 11) is 0. The van der Waals surface area contributed by atoms with Gasteiger partial charge in [-0.15, -0.1) is 0 Å². The van der Waals surface area contributed by atoms with Crippen molar-refractivity contribution in [1.82, 2.24) is 10.3 Å². The Morgan fingerprint density at radius 2 is 1.73 bits per heavy atom. The van der Waals surface area contributed by atoms with Crippen molar-refractivity contribution < 1.29 is 14.3 Å². The van der Waals surface area contributed by atoms with Gasteiger partial charge in [0.2, 0.25) is 17.7 Å². The van der Waals surface area contributed by atoms with Crippen molar-refractivity contribution in [2.24, 2.45) is 0 Å². The molecule has 0 saturated carbocycles. The van der Waals surface area contributed by atoms with Gasteiger partial charge >= 0.3 is 0 Å². The highest BCUT2D eigenvalue weighted by molar-refractivity contribution is 5.99. The lowest BCUT2D eigenvalue weighted by Gasteiger charge is -2.13. The molecule has 0 saturated heterocycles. The first kappa shape index (κ1) is 20.8. The molecule has 152 valence electrons. The van der Waals surface area contributed by atoms with E-state index < -0.39 is 6.04 Å². The molecule has 30 heavy (non-hydrogen) atoms. The lowest BCUT2D eigenvalue weighted by molar-refractivity contribution is -0.123. The first-order chi connectivity index (χ1) is 14.5. The number of rotatable bonds is 7. The number of ether oxygens (including phenoxy) is 1. The van der Waals surface area contributed by atoms with Gasteiger partial charge in [-0.3, -0.25) is 9.59 Å². The van der Waals surface area contributed by atoms with E-state index in [9.17, 15) is 9.59 Å². The van der Waals surface area contributed by atoms with E-state index in [0.29, 0.717) is 17.3 Å². The zero-order valence-corrected chi connectivity index (χ0v) is 16.8. The average molecular weight is 401 g/mol. The van der Waals surface area contributed by atoms with Crippen LogP contribution in [0.5, 0.6) is 11.6 Å². The summed E-state index contributed by atoms with van der Waals surface area (Å²) in [5.41, 5.74) is 2.57. The third kappa shape index (κ3) is 6.31. The maximum Gasteiger partial charge on any atom is 0.246 e. The SMILES string of the molecule is Cc1ccc(Oc2ccc(NC(=O)C(C)NC(=O)/C=C/c3ccccc3)cc2)nc1. The van der Waals surface area contributed by atoms with Gasteiger partial charge in [0, 0.05) is 24.0 Å². The first-order valence-corrected chi connectivity index (χ1v) is 9.55. The van der Waals surface area contributed by atoms with Gasteiger partial charge in [0.05, 0.1) is 0 Å². The highest BCUT2D eigenvalue weighted by Crippen LogP contribution is 2.21. The summed E-state index contributed by atoms with van der Waals surface area (Å²) in [5.74, 6) is 0.454. The number of aryl methyl sites for hydroxylation is 1. The quantitative estimate of drug-likeness (QED) is 0.577. The number of carbonyl (C=O) groups excluding carboxylic acids is 2. The summed E-state index contributed by atoms with van der Waals surface area (Å²) < 4.78 is 5.67. The Kier molecular flexibility index (Phi) is 6.95. The number of hydrogen-bond donors (Lipinski definition) is 2. The summed E-state index contributed by atoms with van der Waals surface area (Å²) in [6.45, 7) is 3.58. The van der Waals surface area contributed by atoms with Crippen LogP contribution in [0, 0.1) is 6.92 Å². The number of hydrogen-bond acceptors (Lipinski definition) is 4. The smallest absolute Gasteiger partial charge is 0.246 e. The standard InChI is InChI=1S/C24H23N3O3/c1-17-8-15-23(25-16-17)30-21-12-10-20(11-13-21)27-24(29)18(2)26-22(28)14-9-19-6-4-3-5-7-19/h3-16,18H,1-2H3,(H,26,28)(H,27,29)/b14-9+. The van der Waals surface area contributed by atoms with E-state index in [1.807, 2.05) is 43.3 Å². The maximum absolute atomic E-state index is 12.3. The van der Waals surface area contributed by atoms with E-state index in [1.165, 1.54) is 6.08 Å². The summed E-state index contributed by atoms with van der Waals surface area (Å²) >= 11 is 0. The first-order valence-electron chi connectivity index (χ1n) is 9.55. The Bertz CT molecular complexity index is 1010. The highest BCUT2D eigenvalue weighted by Gasteiger charge is 2.14. The Labute approximate surface area is 175 Å². The van der Waals surface area contributed by atoms with Gasteiger partial charge < -0.3 is 15.4 Å². The molecular formula is C24H23N3O3. The molecule has 1 atom stereocenters. The number of nitrogens with one attached hydrogen (secondary N) is 2. The Morgan fingerprint density at radius 1 is 1.00 bits per heavy atom. The molecule has 0 radical (unpaired) electrons. The number of anilines is 1. The number of aromatic nitrogens is 1. The van der Waals surface area contributed by atoms with Crippen molar-refractivity contribution in [1.29, 1.82) is 0 Å². The van der Waals surface area contributed by atoms with Gasteiger partial charge in [0.15, 0.2) is 0 Å². The Hall–Kier alpha value is -3.93. The van der Waals surface area contributed by atoms with Crippen LogP contribution in [0.2, 0.25) is 0 Å². The highest BCUT2D eigenvalue weighted by atomic mass is 16.5. The van der Waals surface area contributed by atoms with Crippen LogP contribution in [0.1, 0.15) is 18.1 Å². The molecule has 1 unspecified atom stereocenters. The second-order valence-electron chi connectivity index (χ2n) is 6.76. The molecule has 3 aromatic rings. The molecule has 2 aromatic carbocycles. The zero-order valence-electron chi connectivity index (χ0n) is 16.8. The number of carbonyl (C=O) groups is 2. The minimum absolute atomic E-state index is 0.315. The molecule has 6 heteroatoms. The van der Waals surface area contributed by atoms with E-state index in [0.717, 1.165) is 11.1 Å². The molecule has 3 rings (SSSR count). The number of amides is 2. The van der Waals surface area contributed by atoms with Crippen molar-refractivity contribution in [2.75, 3.05) is 5.32 Å². The molecule has 6 nitrogen and oxygen atoms in total. The van der Waals surface area contributed by atoms with Gasteiger partial charge in [0.1, 0.15) is 11.8 Å².